The van der Waals surface area contributed by atoms with E-state index in [1.165, 1.54) is 13.3 Å². The van der Waals surface area contributed by atoms with Crippen LogP contribution in [-0.2, 0) is 4.74 Å². The zero-order chi connectivity index (χ0) is 14.3. The lowest BCUT2D eigenvalue weighted by atomic mass is 9.99. The molecule has 0 aliphatic rings. The molecule has 3 N–H and O–H groups in total. The van der Waals surface area contributed by atoms with E-state index in [9.17, 15) is 4.39 Å². The van der Waals surface area contributed by atoms with E-state index in [4.69, 9.17) is 15.3 Å². The largest absolute Gasteiger partial charge is 0.479 e. The molecule has 0 fully saturated rings. The number of methoxy groups -OCH3 is 1. The van der Waals surface area contributed by atoms with Crippen molar-refractivity contribution in [2.24, 2.45) is 5.84 Å². The van der Waals surface area contributed by atoms with Crippen LogP contribution in [0.1, 0.15) is 38.3 Å². The van der Waals surface area contributed by atoms with E-state index in [1.807, 2.05) is 13.8 Å². The molecule has 0 amide bonds. The van der Waals surface area contributed by atoms with E-state index >= 15 is 0 Å². The van der Waals surface area contributed by atoms with Crippen molar-refractivity contribution in [2.45, 2.75) is 38.8 Å². The average Bonchev–Trinajstić information content (AvgIpc) is 2.42. The van der Waals surface area contributed by atoms with Gasteiger partial charge in [0.25, 0.3) is 0 Å². The standard InChI is InChI=1S/C13H22FN3O2/c1-4-6-10(19-5-2)12(17-15)9-7-8-16-13(18-3)11(9)14/h7-8,10,12,17H,4-6,15H2,1-3H3. The van der Waals surface area contributed by atoms with Crippen LogP contribution in [0.15, 0.2) is 12.3 Å². The molecule has 1 rings (SSSR count). The fraction of sp³-hybridized carbons (Fsp3) is 0.615. The number of hydrogen-bond acceptors (Lipinski definition) is 5. The summed E-state index contributed by atoms with van der Waals surface area (Å²) in [5, 5.41) is 0. The molecule has 108 valence electrons. The summed E-state index contributed by atoms with van der Waals surface area (Å²) < 4.78 is 24.7. The van der Waals surface area contributed by atoms with Gasteiger partial charge in [-0.3, -0.25) is 11.3 Å². The van der Waals surface area contributed by atoms with Gasteiger partial charge in [0.1, 0.15) is 0 Å². The molecule has 0 saturated carbocycles. The van der Waals surface area contributed by atoms with Crippen LogP contribution in [0.4, 0.5) is 4.39 Å². The molecular weight excluding hydrogens is 249 g/mol. The lowest BCUT2D eigenvalue weighted by molar-refractivity contribution is 0.0265. The third kappa shape index (κ3) is 3.86. The first-order valence-corrected chi connectivity index (χ1v) is 6.45. The van der Waals surface area contributed by atoms with E-state index < -0.39 is 11.9 Å². The number of nitrogens with two attached hydrogens (primary N) is 1. The summed E-state index contributed by atoms with van der Waals surface area (Å²) in [7, 11) is 1.38. The average molecular weight is 271 g/mol. The number of hydrogen-bond donors (Lipinski definition) is 2. The predicted molar refractivity (Wildman–Crippen MR) is 71.1 cm³/mol. The van der Waals surface area contributed by atoms with Crippen molar-refractivity contribution in [2.75, 3.05) is 13.7 Å². The second-order valence-electron chi connectivity index (χ2n) is 4.15. The van der Waals surface area contributed by atoms with Gasteiger partial charge in [-0.25, -0.2) is 9.37 Å². The number of ether oxygens (including phenoxy) is 2. The number of rotatable bonds is 8. The second kappa shape index (κ2) is 8.04. The highest BCUT2D eigenvalue weighted by Crippen LogP contribution is 2.27. The number of pyridine rings is 1. The summed E-state index contributed by atoms with van der Waals surface area (Å²) in [6.45, 7) is 4.50. The molecule has 0 aliphatic carbocycles. The van der Waals surface area contributed by atoms with Gasteiger partial charge in [0.15, 0.2) is 5.82 Å². The number of aromatic nitrogens is 1. The van der Waals surface area contributed by atoms with Crippen molar-refractivity contribution < 1.29 is 13.9 Å². The predicted octanol–water partition coefficient (Wildman–Crippen LogP) is 1.94. The Hall–Kier alpha value is -1.24. The maximum atomic E-state index is 14.2. The zero-order valence-corrected chi connectivity index (χ0v) is 11.6. The number of hydrazine groups is 1. The summed E-state index contributed by atoms with van der Waals surface area (Å²) in [4.78, 5) is 3.82. The van der Waals surface area contributed by atoms with E-state index in [-0.39, 0.29) is 12.0 Å². The minimum Gasteiger partial charge on any atom is -0.479 e. The van der Waals surface area contributed by atoms with Crippen molar-refractivity contribution in [3.05, 3.63) is 23.6 Å². The van der Waals surface area contributed by atoms with Crippen LogP contribution in [-0.4, -0.2) is 24.8 Å². The number of nitrogens with one attached hydrogen (secondary N) is 1. The van der Waals surface area contributed by atoms with Gasteiger partial charge in [0.2, 0.25) is 5.88 Å². The molecule has 1 heterocycles. The SMILES string of the molecule is CCCC(OCC)C(NN)c1ccnc(OC)c1F. The van der Waals surface area contributed by atoms with Gasteiger partial charge in [-0.2, -0.15) is 0 Å². The topological polar surface area (TPSA) is 69.4 Å². The quantitative estimate of drug-likeness (QED) is 0.558. The normalized spacial score (nSPS) is 14.2. The summed E-state index contributed by atoms with van der Waals surface area (Å²) in [5.41, 5.74) is 3.04. The van der Waals surface area contributed by atoms with Crippen LogP contribution in [0.25, 0.3) is 0 Å². The highest BCUT2D eigenvalue weighted by molar-refractivity contribution is 5.27. The summed E-state index contributed by atoms with van der Waals surface area (Å²) in [5.74, 6) is 5.03. The van der Waals surface area contributed by atoms with E-state index in [1.54, 1.807) is 6.07 Å². The van der Waals surface area contributed by atoms with Gasteiger partial charge < -0.3 is 9.47 Å². The molecule has 0 radical (unpaired) electrons. The van der Waals surface area contributed by atoms with Crippen molar-refractivity contribution >= 4 is 0 Å². The Labute approximate surface area is 113 Å². The van der Waals surface area contributed by atoms with E-state index in [2.05, 4.69) is 10.4 Å². The first-order valence-electron chi connectivity index (χ1n) is 6.45. The van der Waals surface area contributed by atoms with Gasteiger partial charge in [-0.15, -0.1) is 0 Å². The zero-order valence-electron chi connectivity index (χ0n) is 11.6. The van der Waals surface area contributed by atoms with Crippen LogP contribution in [0, 0.1) is 5.82 Å². The third-order valence-corrected chi connectivity index (χ3v) is 2.92. The lowest BCUT2D eigenvalue weighted by Gasteiger charge is -2.27. The van der Waals surface area contributed by atoms with Crippen LogP contribution in [0.3, 0.4) is 0 Å². The molecule has 19 heavy (non-hydrogen) atoms. The Balaban J connectivity index is 3.06. The van der Waals surface area contributed by atoms with Crippen LogP contribution < -0.4 is 16.0 Å². The van der Waals surface area contributed by atoms with Crippen molar-refractivity contribution in [3.63, 3.8) is 0 Å². The molecule has 0 aliphatic heterocycles. The van der Waals surface area contributed by atoms with Crippen molar-refractivity contribution in [1.82, 2.24) is 10.4 Å². The second-order valence-corrected chi connectivity index (χ2v) is 4.15. The Morgan fingerprint density at radius 1 is 1.47 bits per heavy atom. The fourth-order valence-electron chi connectivity index (χ4n) is 2.06. The monoisotopic (exact) mass is 271 g/mol. The third-order valence-electron chi connectivity index (χ3n) is 2.92. The number of nitrogens with zero attached hydrogens (tertiary/aromatic N) is 1. The van der Waals surface area contributed by atoms with Gasteiger partial charge in [-0.05, 0) is 19.4 Å². The highest BCUT2D eigenvalue weighted by atomic mass is 19.1. The molecule has 1 aromatic heterocycles. The molecule has 0 aromatic carbocycles. The first kappa shape index (κ1) is 15.8. The molecule has 5 nitrogen and oxygen atoms in total. The Morgan fingerprint density at radius 3 is 2.74 bits per heavy atom. The first-order chi connectivity index (χ1) is 9.19. The summed E-state index contributed by atoms with van der Waals surface area (Å²) in [6, 6.07) is 1.15. The number of halogens is 1. The molecule has 2 unspecified atom stereocenters. The van der Waals surface area contributed by atoms with Gasteiger partial charge in [0, 0.05) is 18.4 Å². The molecule has 0 bridgehead atoms. The summed E-state index contributed by atoms with van der Waals surface area (Å²) >= 11 is 0. The Kier molecular flexibility index (Phi) is 6.69. The lowest BCUT2D eigenvalue weighted by Crippen LogP contribution is -2.38. The molecular formula is C13H22FN3O2. The minimum atomic E-state index is -0.506. The van der Waals surface area contributed by atoms with Crippen LogP contribution >= 0.6 is 0 Å². The molecule has 2 atom stereocenters. The molecule has 0 saturated heterocycles. The van der Waals surface area contributed by atoms with Gasteiger partial charge in [0.05, 0.1) is 19.3 Å². The van der Waals surface area contributed by atoms with Crippen LogP contribution in [0.5, 0.6) is 5.88 Å². The molecule has 6 heteroatoms. The van der Waals surface area contributed by atoms with E-state index in [0.29, 0.717) is 12.2 Å². The van der Waals surface area contributed by atoms with Gasteiger partial charge >= 0.3 is 0 Å². The van der Waals surface area contributed by atoms with E-state index in [0.717, 1.165) is 12.8 Å². The minimum absolute atomic E-state index is 0.0375. The molecule has 1 aromatic rings. The Bertz CT molecular complexity index is 384. The van der Waals surface area contributed by atoms with Crippen molar-refractivity contribution in [1.29, 1.82) is 0 Å². The smallest absolute Gasteiger partial charge is 0.250 e. The highest BCUT2D eigenvalue weighted by Gasteiger charge is 2.26. The fourth-order valence-corrected chi connectivity index (χ4v) is 2.06. The van der Waals surface area contributed by atoms with Crippen molar-refractivity contribution in [3.8, 4) is 5.88 Å². The maximum absolute atomic E-state index is 14.2. The summed E-state index contributed by atoms with van der Waals surface area (Å²) in [6.07, 6.45) is 3.01. The van der Waals surface area contributed by atoms with Gasteiger partial charge in [-0.1, -0.05) is 13.3 Å². The maximum Gasteiger partial charge on any atom is 0.250 e. The van der Waals surface area contributed by atoms with Crippen LogP contribution in [0.2, 0.25) is 0 Å². The Morgan fingerprint density at radius 2 is 2.21 bits per heavy atom. The molecule has 0 spiro atoms.